The van der Waals surface area contributed by atoms with Gasteiger partial charge in [-0.15, -0.1) is 0 Å². The summed E-state index contributed by atoms with van der Waals surface area (Å²) in [6.45, 7) is 2.42. The van der Waals surface area contributed by atoms with Crippen LogP contribution in [0.3, 0.4) is 0 Å². The lowest BCUT2D eigenvalue weighted by Gasteiger charge is -2.12. The SMILES string of the molecule is CCC(CO)C(=O)NCCc1cccc(Br)c1. The Morgan fingerprint density at radius 2 is 2.29 bits per heavy atom. The number of carbonyl (C=O) groups excluding carboxylic acids is 1. The lowest BCUT2D eigenvalue weighted by Crippen LogP contribution is -2.33. The number of halogens is 1. The van der Waals surface area contributed by atoms with Gasteiger partial charge in [0, 0.05) is 11.0 Å². The number of rotatable bonds is 6. The van der Waals surface area contributed by atoms with Gasteiger partial charge < -0.3 is 10.4 Å². The Morgan fingerprint density at radius 3 is 2.88 bits per heavy atom. The average molecular weight is 300 g/mol. The maximum absolute atomic E-state index is 11.6. The van der Waals surface area contributed by atoms with E-state index in [1.165, 1.54) is 5.56 Å². The van der Waals surface area contributed by atoms with E-state index in [0.29, 0.717) is 13.0 Å². The van der Waals surface area contributed by atoms with Gasteiger partial charge in [0.15, 0.2) is 0 Å². The van der Waals surface area contributed by atoms with Gasteiger partial charge in [0.2, 0.25) is 5.91 Å². The first-order valence-electron chi connectivity index (χ1n) is 5.80. The van der Waals surface area contributed by atoms with Crippen LogP contribution in [0.15, 0.2) is 28.7 Å². The number of hydrogen-bond donors (Lipinski definition) is 2. The van der Waals surface area contributed by atoms with E-state index in [0.717, 1.165) is 10.9 Å². The molecule has 0 radical (unpaired) electrons. The zero-order chi connectivity index (χ0) is 12.7. The third-order valence-corrected chi connectivity index (χ3v) is 3.18. The highest BCUT2D eigenvalue weighted by Crippen LogP contribution is 2.11. The second kappa shape index (κ2) is 7.45. The van der Waals surface area contributed by atoms with E-state index >= 15 is 0 Å². The van der Waals surface area contributed by atoms with Crippen molar-refractivity contribution in [2.24, 2.45) is 5.92 Å². The molecule has 0 aliphatic heterocycles. The predicted molar refractivity (Wildman–Crippen MR) is 71.7 cm³/mol. The average Bonchev–Trinajstić information content (AvgIpc) is 2.30. The molecular weight excluding hydrogens is 282 g/mol. The lowest BCUT2D eigenvalue weighted by atomic mass is 10.1. The summed E-state index contributed by atoms with van der Waals surface area (Å²) < 4.78 is 1.04. The Hall–Kier alpha value is -0.870. The molecule has 2 N–H and O–H groups in total. The van der Waals surface area contributed by atoms with Gasteiger partial charge in [0.05, 0.1) is 12.5 Å². The van der Waals surface area contributed by atoms with E-state index in [1.54, 1.807) is 0 Å². The zero-order valence-corrected chi connectivity index (χ0v) is 11.5. The number of amides is 1. The molecule has 4 heteroatoms. The van der Waals surface area contributed by atoms with Gasteiger partial charge in [-0.25, -0.2) is 0 Å². The topological polar surface area (TPSA) is 49.3 Å². The molecule has 1 atom stereocenters. The smallest absolute Gasteiger partial charge is 0.225 e. The third kappa shape index (κ3) is 4.88. The van der Waals surface area contributed by atoms with Crippen LogP contribution in [-0.2, 0) is 11.2 Å². The molecule has 0 aliphatic rings. The quantitative estimate of drug-likeness (QED) is 0.845. The highest BCUT2D eigenvalue weighted by molar-refractivity contribution is 9.10. The maximum Gasteiger partial charge on any atom is 0.225 e. The molecule has 0 aromatic heterocycles. The van der Waals surface area contributed by atoms with Crippen LogP contribution < -0.4 is 5.32 Å². The number of aliphatic hydroxyl groups is 1. The molecule has 0 aliphatic carbocycles. The lowest BCUT2D eigenvalue weighted by molar-refractivity contribution is -0.126. The monoisotopic (exact) mass is 299 g/mol. The van der Waals surface area contributed by atoms with Crippen molar-refractivity contribution in [2.75, 3.05) is 13.2 Å². The largest absolute Gasteiger partial charge is 0.396 e. The van der Waals surface area contributed by atoms with Gasteiger partial charge in [-0.05, 0) is 30.5 Å². The molecule has 17 heavy (non-hydrogen) atoms. The first kappa shape index (κ1) is 14.2. The Morgan fingerprint density at radius 1 is 1.53 bits per heavy atom. The van der Waals surface area contributed by atoms with Gasteiger partial charge in [-0.1, -0.05) is 35.0 Å². The molecule has 1 aromatic carbocycles. The van der Waals surface area contributed by atoms with Crippen LogP contribution in [-0.4, -0.2) is 24.2 Å². The molecule has 1 rings (SSSR count). The van der Waals surface area contributed by atoms with Gasteiger partial charge >= 0.3 is 0 Å². The Balaban J connectivity index is 2.35. The molecule has 0 heterocycles. The van der Waals surface area contributed by atoms with E-state index < -0.39 is 0 Å². The third-order valence-electron chi connectivity index (χ3n) is 2.69. The van der Waals surface area contributed by atoms with Crippen LogP contribution in [0, 0.1) is 5.92 Å². The number of carbonyl (C=O) groups is 1. The molecule has 1 unspecified atom stereocenters. The molecular formula is C13H18BrNO2. The summed E-state index contributed by atoms with van der Waals surface area (Å²) >= 11 is 3.41. The van der Waals surface area contributed by atoms with Crippen molar-refractivity contribution in [3.63, 3.8) is 0 Å². The minimum absolute atomic E-state index is 0.0648. The first-order valence-corrected chi connectivity index (χ1v) is 6.59. The first-order chi connectivity index (χ1) is 8.17. The number of benzene rings is 1. The van der Waals surface area contributed by atoms with Crippen molar-refractivity contribution >= 4 is 21.8 Å². The molecule has 0 spiro atoms. The van der Waals surface area contributed by atoms with E-state index in [2.05, 4.69) is 21.2 Å². The van der Waals surface area contributed by atoms with Crippen LogP contribution >= 0.6 is 15.9 Å². The molecule has 0 fully saturated rings. The van der Waals surface area contributed by atoms with Crippen LogP contribution in [0.1, 0.15) is 18.9 Å². The fraction of sp³-hybridized carbons (Fsp3) is 0.462. The highest BCUT2D eigenvalue weighted by Gasteiger charge is 2.13. The van der Waals surface area contributed by atoms with E-state index in [1.807, 2.05) is 31.2 Å². The zero-order valence-electron chi connectivity index (χ0n) is 9.95. The summed E-state index contributed by atoms with van der Waals surface area (Å²) in [5.41, 5.74) is 1.18. The van der Waals surface area contributed by atoms with Crippen LogP contribution in [0.2, 0.25) is 0 Å². The van der Waals surface area contributed by atoms with E-state index in [-0.39, 0.29) is 18.4 Å². The minimum atomic E-state index is -0.280. The van der Waals surface area contributed by atoms with Gasteiger partial charge in [0.1, 0.15) is 0 Å². The van der Waals surface area contributed by atoms with Gasteiger partial charge in [0.25, 0.3) is 0 Å². The standard InChI is InChI=1S/C13H18BrNO2/c1-2-11(9-16)13(17)15-7-6-10-4-3-5-12(14)8-10/h3-5,8,11,16H,2,6-7,9H2,1H3,(H,15,17). The minimum Gasteiger partial charge on any atom is -0.396 e. The molecule has 1 aromatic rings. The second-order valence-corrected chi connectivity index (χ2v) is 4.87. The second-order valence-electron chi connectivity index (χ2n) is 3.96. The van der Waals surface area contributed by atoms with Gasteiger partial charge in [-0.3, -0.25) is 4.79 Å². The highest BCUT2D eigenvalue weighted by atomic mass is 79.9. The summed E-state index contributed by atoms with van der Waals surface area (Å²) in [6, 6.07) is 8.01. The van der Waals surface area contributed by atoms with Crippen molar-refractivity contribution in [3.8, 4) is 0 Å². The molecule has 0 saturated heterocycles. The van der Waals surface area contributed by atoms with E-state index in [4.69, 9.17) is 5.11 Å². The molecule has 3 nitrogen and oxygen atoms in total. The summed E-state index contributed by atoms with van der Waals surface area (Å²) in [4.78, 5) is 11.6. The summed E-state index contributed by atoms with van der Waals surface area (Å²) in [6.07, 6.45) is 1.46. The summed E-state index contributed by atoms with van der Waals surface area (Å²) in [5.74, 6) is -0.345. The van der Waals surface area contributed by atoms with Crippen LogP contribution in [0.4, 0.5) is 0 Å². The van der Waals surface area contributed by atoms with Crippen LogP contribution in [0.5, 0.6) is 0 Å². The van der Waals surface area contributed by atoms with Crippen molar-refractivity contribution in [3.05, 3.63) is 34.3 Å². The van der Waals surface area contributed by atoms with E-state index in [9.17, 15) is 4.79 Å². The summed E-state index contributed by atoms with van der Waals surface area (Å²) in [7, 11) is 0. The van der Waals surface area contributed by atoms with Crippen molar-refractivity contribution in [1.82, 2.24) is 5.32 Å². The Labute approximate surface area is 110 Å². The summed E-state index contributed by atoms with van der Waals surface area (Å²) in [5, 5.41) is 11.8. The van der Waals surface area contributed by atoms with Crippen molar-refractivity contribution in [2.45, 2.75) is 19.8 Å². The van der Waals surface area contributed by atoms with Crippen LogP contribution in [0.25, 0.3) is 0 Å². The number of nitrogens with one attached hydrogen (secondary N) is 1. The molecule has 1 amide bonds. The maximum atomic E-state index is 11.6. The van der Waals surface area contributed by atoms with Gasteiger partial charge in [-0.2, -0.15) is 0 Å². The molecule has 0 saturated carbocycles. The molecule has 0 bridgehead atoms. The number of aliphatic hydroxyl groups excluding tert-OH is 1. The fourth-order valence-electron chi connectivity index (χ4n) is 1.56. The molecule has 94 valence electrons. The normalized spacial score (nSPS) is 12.2. The number of hydrogen-bond acceptors (Lipinski definition) is 2. The Bertz CT molecular complexity index is 364. The fourth-order valence-corrected chi connectivity index (χ4v) is 2.01. The predicted octanol–water partition coefficient (Wildman–Crippen LogP) is 2.13. The van der Waals surface area contributed by atoms with Crippen molar-refractivity contribution in [1.29, 1.82) is 0 Å². The van der Waals surface area contributed by atoms with Crippen molar-refractivity contribution < 1.29 is 9.90 Å². The Kier molecular flexibility index (Phi) is 6.22.